The molecule has 2 saturated heterocycles. The molecule has 0 spiro atoms. The molecule has 7 rings (SSSR count). The van der Waals surface area contributed by atoms with E-state index in [9.17, 15) is 23.1 Å². The first-order valence-electron chi connectivity index (χ1n) is 19.5. The molecule has 13 heteroatoms. The van der Waals surface area contributed by atoms with E-state index in [-0.39, 0.29) is 22.4 Å². The van der Waals surface area contributed by atoms with E-state index in [4.69, 9.17) is 11.6 Å². The highest BCUT2D eigenvalue weighted by molar-refractivity contribution is 7.99. The van der Waals surface area contributed by atoms with Crippen LogP contribution in [0, 0.1) is 12.8 Å². The van der Waals surface area contributed by atoms with E-state index < -0.39 is 21.9 Å². The number of halogens is 1. The normalized spacial score (nSPS) is 15.7. The number of carboxylic acids is 1. The fraction of sp³-hybridized carbons (Fsp3) is 0.289. The molecule has 5 aromatic rings. The molecule has 0 aliphatic carbocycles. The van der Waals surface area contributed by atoms with Crippen molar-refractivity contribution in [2.45, 2.75) is 35.7 Å². The van der Waals surface area contributed by atoms with Crippen molar-refractivity contribution in [3.05, 3.63) is 143 Å². The number of piperazine rings is 1. The molecule has 10 nitrogen and oxygen atoms in total. The Labute approximate surface area is 350 Å². The first kappa shape index (κ1) is 41.3. The summed E-state index contributed by atoms with van der Waals surface area (Å²) in [6.07, 6.45) is 0.789. The SMILES string of the molecule is Cc1cc(S(=O)(=O)NC(=O)c2ccc(N3CCN(Cc4ccccc4-c4ccc(Cl)cc4)CC3)cc2)ccc1N[C@H](CCN1CC(C(=O)O)C1)CSc1ccccc1. The van der Waals surface area contributed by atoms with Gasteiger partial charge < -0.3 is 20.2 Å². The Bertz CT molecular complexity index is 2300. The lowest BCUT2D eigenvalue weighted by Gasteiger charge is -2.37. The number of nitrogens with zero attached hydrogens (tertiary/aromatic N) is 3. The first-order chi connectivity index (χ1) is 28.0. The van der Waals surface area contributed by atoms with E-state index in [1.54, 1.807) is 36.0 Å². The molecule has 0 bridgehead atoms. The number of amides is 1. The summed E-state index contributed by atoms with van der Waals surface area (Å²) < 4.78 is 29.1. The summed E-state index contributed by atoms with van der Waals surface area (Å²) in [5.74, 6) is -0.983. The van der Waals surface area contributed by atoms with Gasteiger partial charge in [-0.05, 0) is 102 Å². The maximum atomic E-state index is 13.4. The summed E-state index contributed by atoms with van der Waals surface area (Å²) in [5, 5.41) is 13.6. The number of nitrogens with one attached hydrogen (secondary N) is 2. The lowest BCUT2D eigenvalue weighted by Crippen LogP contribution is -2.51. The highest BCUT2D eigenvalue weighted by atomic mass is 35.5. The van der Waals surface area contributed by atoms with Crippen LogP contribution in [0.25, 0.3) is 11.1 Å². The van der Waals surface area contributed by atoms with Crippen molar-refractivity contribution in [2.24, 2.45) is 5.92 Å². The standard InChI is InChI=1S/C45H48ClN5O5S2/c1-32-27-41(19-20-43(32)47-38(31-57-40-8-3-2-4-9-40)21-22-50-29-36(30-50)45(53)54)58(55,56)48-44(52)34-13-17-39(18-14-34)51-25-23-49(24-26-51)28-35-7-5-6-10-42(35)33-11-15-37(46)16-12-33/h2-20,27,36,38,47H,21-26,28-31H2,1H3,(H,48,52)(H,53,54)/t38-/m1/s1. The molecule has 1 amide bonds. The average Bonchev–Trinajstić information content (AvgIpc) is 3.21. The second-order valence-corrected chi connectivity index (χ2v) is 18.1. The van der Waals surface area contributed by atoms with Crippen LogP contribution < -0.4 is 14.9 Å². The molecule has 0 aromatic heterocycles. The molecular weight excluding hydrogens is 790 g/mol. The van der Waals surface area contributed by atoms with Crippen molar-refractivity contribution in [3.8, 4) is 11.1 Å². The van der Waals surface area contributed by atoms with E-state index in [0.717, 1.165) is 83.9 Å². The van der Waals surface area contributed by atoms with Gasteiger partial charge in [0.1, 0.15) is 0 Å². The van der Waals surface area contributed by atoms with Crippen molar-refractivity contribution in [3.63, 3.8) is 0 Å². The van der Waals surface area contributed by atoms with Crippen LogP contribution in [0.15, 0.2) is 131 Å². The van der Waals surface area contributed by atoms with Crippen LogP contribution in [0.2, 0.25) is 5.02 Å². The number of aryl methyl sites for hydroxylation is 1. The minimum atomic E-state index is -4.14. The van der Waals surface area contributed by atoms with E-state index in [0.29, 0.717) is 13.1 Å². The van der Waals surface area contributed by atoms with Gasteiger partial charge in [0.15, 0.2) is 0 Å². The molecule has 0 saturated carbocycles. The quantitative estimate of drug-likeness (QED) is 0.0852. The predicted molar refractivity (Wildman–Crippen MR) is 233 cm³/mol. The van der Waals surface area contributed by atoms with Crippen LogP contribution in [0.5, 0.6) is 0 Å². The Morgan fingerprint density at radius 2 is 1.53 bits per heavy atom. The highest BCUT2D eigenvalue weighted by Gasteiger charge is 2.32. The number of benzene rings is 5. The monoisotopic (exact) mass is 837 g/mol. The highest BCUT2D eigenvalue weighted by Crippen LogP contribution is 2.29. The van der Waals surface area contributed by atoms with E-state index in [1.807, 2.05) is 49.4 Å². The topological polar surface area (TPSA) is 122 Å². The summed E-state index contributed by atoms with van der Waals surface area (Å²) in [7, 11) is -4.14. The summed E-state index contributed by atoms with van der Waals surface area (Å²) in [6.45, 7) is 7.95. The van der Waals surface area contributed by atoms with E-state index in [1.165, 1.54) is 17.2 Å². The van der Waals surface area contributed by atoms with Gasteiger partial charge >= 0.3 is 5.97 Å². The predicted octanol–water partition coefficient (Wildman–Crippen LogP) is 7.74. The number of thioether (sulfide) groups is 1. The van der Waals surface area contributed by atoms with Crippen LogP contribution >= 0.6 is 23.4 Å². The second kappa shape index (κ2) is 18.8. The molecule has 3 N–H and O–H groups in total. The first-order valence-corrected chi connectivity index (χ1v) is 22.3. The van der Waals surface area contributed by atoms with Crippen molar-refractivity contribution < 1.29 is 23.1 Å². The molecule has 302 valence electrons. The number of aliphatic carboxylic acids is 1. The average molecular weight is 838 g/mol. The van der Waals surface area contributed by atoms with Crippen LogP contribution in [-0.4, -0.2) is 92.8 Å². The Kier molecular flexibility index (Phi) is 13.4. The van der Waals surface area contributed by atoms with Crippen LogP contribution in [0.1, 0.15) is 27.9 Å². The third-order valence-corrected chi connectivity index (χ3v) is 13.6. The number of carbonyl (C=O) groups is 2. The number of anilines is 2. The minimum Gasteiger partial charge on any atom is -0.481 e. The lowest BCUT2D eigenvalue weighted by atomic mass is 9.99. The number of hydrogen-bond acceptors (Lipinski definition) is 9. The van der Waals surface area contributed by atoms with Crippen LogP contribution in [-0.2, 0) is 21.4 Å². The molecule has 1 atom stereocenters. The van der Waals surface area contributed by atoms with Gasteiger partial charge in [0.2, 0.25) is 0 Å². The zero-order chi connectivity index (χ0) is 40.6. The summed E-state index contributed by atoms with van der Waals surface area (Å²) in [6, 6.07) is 38.5. The van der Waals surface area contributed by atoms with Gasteiger partial charge in [-0.3, -0.25) is 14.5 Å². The van der Waals surface area contributed by atoms with Gasteiger partial charge in [0.05, 0.1) is 10.8 Å². The number of carboxylic acid groups (broad SMARTS) is 1. The maximum Gasteiger partial charge on any atom is 0.309 e. The van der Waals surface area contributed by atoms with Gasteiger partial charge in [0, 0.05) is 91.0 Å². The molecule has 2 aliphatic rings. The van der Waals surface area contributed by atoms with Crippen molar-refractivity contribution in [1.82, 2.24) is 14.5 Å². The number of rotatable bonds is 16. The largest absolute Gasteiger partial charge is 0.481 e. The summed E-state index contributed by atoms with van der Waals surface area (Å²) >= 11 is 7.86. The Hall–Kier alpha value is -4.85. The van der Waals surface area contributed by atoms with Gasteiger partial charge in [-0.2, -0.15) is 0 Å². The summed E-state index contributed by atoms with van der Waals surface area (Å²) in [5.41, 5.74) is 6.38. The smallest absolute Gasteiger partial charge is 0.309 e. The zero-order valence-corrected chi connectivity index (χ0v) is 34.8. The van der Waals surface area contributed by atoms with E-state index in [2.05, 4.69) is 73.3 Å². The second-order valence-electron chi connectivity index (χ2n) is 14.9. The molecule has 2 aliphatic heterocycles. The van der Waals surface area contributed by atoms with Gasteiger partial charge in [-0.15, -0.1) is 11.8 Å². The van der Waals surface area contributed by atoms with Crippen LogP contribution in [0.4, 0.5) is 11.4 Å². The molecular formula is C45H48ClN5O5S2. The number of carbonyl (C=O) groups excluding carboxylic acids is 1. The van der Waals surface area contributed by atoms with Gasteiger partial charge in [-0.25, -0.2) is 13.1 Å². The number of sulfonamides is 1. The van der Waals surface area contributed by atoms with Gasteiger partial charge in [0.25, 0.3) is 15.9 Å². The Balaban J connectivity index is 0.923. The summed E-state index contributed by atoms with van der Waals surface area (Å²) in [4.78, 5) is 32.5. The fourth-order valence-corrected chi connectivity index (χ4v) is 9.56. The van der Waals surface area contributed by atoms with Crippen molar-refractivity contribution in [1.29, 1.82) is 0 Å². The van der Waals surface area contributed by atoms with Gasteiger partial charge in [-0.1, -0.05) is 66.2 Å². The van der Waals surface area contributed by atoms with E-state index >= 15 is 0 Å². The Morgan fingerprint density at radius 1 is 0.845 bits per heavy atom. The fourth-order valence-electron chi connectivity index (χ4n) is 7.38. The number of hydrogen-bond donors (Lipinski definition) is 3. The maximum absolute atomic E-state index is 13.4. The third kappa shape index (κ3) is 10.6. The minimum absolute atomic E-state index is 0.00434. The molecule has 5 aromatic carbocycles. The Morgan fingerprint density at radius 3 is 2.22 bits per heavy atom. The molecule has 58 heavy (non-hydrogen) atoms. The third-order valence-electron chi connectivity index (χ3n) is 10.8. The molecule has 0 radical (unpaired) electrons. The molecule has 0 unspecified atom stereocenters. The molecule has 2 heterocycles. The molecule has 2 fully saturated rings. The van der Waals surface area contributed by atoms with Crippen molar-refractivity contribution in [2.75, 3.05) is 61.8 Å². The zero-order valence-electron chi connectivity index (χ0n) is 32.4. The van der Waals surface area contributed by atoms with Crippen molar-refractivity contribution >= 4 is 56.6 Å². The lowest BCUT2D eigenvalue weighted by molar-refractivity contribution is -0.147. The number of likely N-dealkylation sites (tertiary alicyclic amines) is 1. The van der Waals surface area contributed by atoms with Crippen LogP contribution in [0.3, 0.4) is 0 Å².